The molecule has 0 radical (unpaired) electrons. The van der Waals surface area contributed by atoms with E-state index in [-0.39, 0.29) is 12.0 Å². The predicted molar refractivity (Wildman–Crippen MR) is 106 cm³/mol. The van der Waals surface area contributed by atoms with Crippen LogP contribution in [0.3, 0.4) is 0 Å². The summed E-state index contributed by atoms with van der Waals surface area (Å²) in [6.07, 6.45) is 8.29. The molecule has 0 aromatic carbocycles. The fraction of sp³-hybridized carbons (Fsp3) is 0.476. The quantitative estimate of drug-likeness (QED) is 0.828. The molecule has 2 aromatic heterocycles. The van der Waals surface area contributed by atoms with Crippen molar-refractivity contribution in [2.24, 2.45) is 0 Å². The van der Waals surface area contributed by atoms with E-state index in [1.807, 2.05) is 24.3 Å². The molecule has 1 N–H and O–H groups in total. The fourth-order valence-corrected chi connectivity index (χ4v) is 3.64. The van der Waals surface area contributed by atoms with Gasteiger partial charge in [0.15, 0.2) is 0 Å². The summed E-state index contributed by atoms with van der Waals surface area (Å²) in [5.41, 5.74) is 2.38. The zero-order valence-corrected chi connectivity index (χ0v) is 16.0. The Kier molecular flexibility index (Phi) is 6.01. The average Bonchev–Trinajstić information content (AvgIpc) is 3.26. The number of nitrogens with zero attached hydrogens (tertiary/aromatic N) is 3. The van der Waals surface area contributed by atoms with E-state index in [2.05, 4.69) is 20.2 Å². The van der Waals surface area contributed by atoms with Crippen LogP contribution in [-0.4, -0.2) is 48.3 Å². The lowest BCUT2D eigenvalue weighted by molar-refractivity contribution is 0.0945. The highest BCUT2D eigenvalue weighted by Gasteiger charge is 2.17. The Morgan fingerprint density at radius 3 is 2.75 bits per heavy atom. The number of morpholine rings is 1. The van der Waals surface area contributed by atoms with E-state index in [9.17, 15) is 4.79 Å². The van der Waals surface area contributed by atoms with Crippen molar-refractivity contribution in [1.29, 1.82) is 0 Å². The largest absolute Gasteiger partial charge is 0.474 e. The van der Waals surface area contributed by atoms with Gasteiger partial charge in [-0.1, -0.05) is 0 Å². The van der Waals surface area contributed by atoms with Gasteiger partial charge in [0.1, 0.15) is 11.8 Å². The van der Waals surface area contributed by atoms with Gasteiger partial charge in [-0.2, -0.15) is 0 Å². The van der Waals surface area contributed by atoms with Crippen LogP contribution in [0.1, 0.15) is 41.7 Å². The lowest BCUT2D eigenvalue weighted by atomic mass is 10.2. The molecule has 2 aromatic rings. The summed E-state index contributed by atoms with van der Waals surface area (Å²) in [6, 6.07) is 7.55. The van der Waals surface area contributed by atoms with E-state index >= 15 is 0 Å². The third-order valence-electron chi connectivity index (χ3n) is 5.19. The Morgan fingerprint density at radius 2 is 1.93 bits per heavy atom. The SMILES string of the molecule is O=C(NCc1ccnc(OC2CCCC2)c1)c1cc(N2CCOCC2)ccn1. The van der Waals surface area contributed by atoms with Gasteiger partial charge in [-0.3, -0.25) is 9.78 Å². The van der Waals surface area contributed by atoms with Crippen LogP contribution < -0.4 is 15.0 Å². The molecule has 0 unspecified atom stereocenters. The van der Waals surface area contributed by atoms with Gasteiger partial charge in [-0.15, -0.1) is 0 Å². The molecule has 2 fully saturated rings. The van der Waals surface area contributed by atoms with Crippen molar-refractivity contribution in [2.75, 3.05) is 31.2 Å². The van der Waals surface area contributed by atoms with Crippen molar-refractivity contribution >= 4 is 11.6 Å². The second-order valence-electron chi connectivity index (χ2n) is 7.21. The number of carbonyl (C=O) groups is 1. The summed E-state index contributed by atoms with van der Waals surface area (Å²) in [5, 5.41) is 2.94. The topological polar surface area (TPSA) is 76.6 Å². The molecule has 1 aliphatic carbocycles. The summed E-state index contributed by atoms with van der Waals surface area (Å²) >= 11 is 0. The smallest absolute Gasteiger partial charge is 0.270 e. The Morgan fingerprint density at radius 1 is 1.14 bits per heavy atom. The van der Waals surface area contributed by atoms with Crippen LogP contribution in [0.2, 0.25) is 0 Å². The number of ether oxygens (including phenoxy) is 2. The molecule has 2 aliphatic rings. The van der Waals surface area contributed by atoms with Gasteiger partial charge in [-0.05, 0) is 49.4 Å². The maximum atomic E-state index is 12.6. The molecule has 0 atom stereocenters. The molecule has 0 bridgehead atoms. The van der Waals surface area contributed by atoms with Crippen molar-refractivity contribution in [1.82, 2.24) is 15.3 Å². The van der Waals surface area contributed by atoms with Crippen LogP contribution in [0, 0.1) is 0 Å². The third-order valence-corrected chi connectivity index (χ3v) is 5.19. The molecule has 3 heterocycles. The van der Waals surface area contributed by atoms with Crippen molar-refractivity contribution in [3.63, 3.8) is 0 Å². The monoisotopic (exact) mass is 382 g/mol. The highest BCUT2D eigenvalue weighted by atomic mass is 16.5. The molecule has 1 amide bonds. The van der Waals surface area contributed by atoms with Crippen molar-refractivity contribution in [2.45, 2.75) is 38.3 Å². The maximum Gasteiger partial charge on any atom is 0.270 e. The number of rotatable bonds is 6. The van der Waals surface area contributed by atoms with E-state index in [0.717, 1.165) is 37.2 Å². The Balaban J connectivity index is 1.35. The minimum atomic E-state index is -0.190. The van der Waals surface area contributed by atoms with Crippen molar-refractivity contribution in [3.8, 4) is 5.88 Å². The number of hydrogen-bond donors (Lipinski definition) is 1. The third kappa shape index (κ3) is 4.78. The normalized spacial score (nSPS) is 17.5. The first kappa shape index (κ1) is 18.7. The summed E-state index contributed by atoms with van der Waals surface area (Å²) in [6.45, 7) is 3.47. The minimum absolute atomic E-state index is 0.190. The van der Waals surface area contributed by atoms with Crippen LogP contribution >= 0.6 is 0 Å². The summed E-state index contributed by atoms with van der Waals surface area (Å²) in [7, 11) is 0. The fourth-order valence-electron chi connectivity index (χ4n) is 3.64. The molecular weight excluding hydrogens is 356 g/mol. The lowest BCUT2D eigenvalue weighted by Crippen LogP contribution is -2.36. The molecule has 28 heavy (non-hydrogen) atoms. The molecule has 7 heteroatoms. The van der Waals surface area contributed by atoms with Gasteiger partial charge in [0.05, 0.1) is 13.2 Å². The molecule has 1 aliphatic heterocycles. The standard InChI is InChI=1S/C21H26N4O3/c26-21(19-14-17(6-8-22-19)25-9-11-27-12-10-25)24-15-16-5-7-23-20(13-16)28-18-3-1-2-4-18/h5-8,13-14,18H,1-4,9-12,15H2,(H,24,26). The first-order valence-corrected chi connectivity index (χ1v) is 9.96. The van der Waals surface area contributed by atoms with E-state index in [1.54, 1.807) is 12.4 Å². The number of aromatic nitrogens is 2. The Bertz CT molecular complexity index is 802. The molecular formula is C21H26N4O3. The first-order valence-electron chi connectivity index (χ1n) is 9.96. The van der Waals surface area contributed by atoms with Gasteiger partial charge in [0.2, 0.25) is 5.88 Å². The van der Waals surface area contributed by atoms with Crippen molar-refractivity contribution in [3.05, 3.63) is 47.9 Å². The van der Waals surface area contributed by atoms with E-state index in [4.69, 9.17) is 9.47 Å². The average molecular weight is 382 g/mol. The molecule has 7 nitrogen and oxygen atoms in total. The van der Waals surface area contributed by atoms with Gasteiger partial charge in [0.25, 0.3) is 5.91 Å². The van der Waals surface area contributed by atoms with Crippen LogP contribution in [-0.2, 0) is 11.3 Å². The van der Waals surface area contributed by atoms with Crippen LogP contribution in [0.5, 0.6) is 5.88 Å². The summed E-state index contributed by atoms with van der Waals surface area (Å²) < 4.78 is 11.3. The molecule has 1 saturated heterocycles. The highest BCUT2D eigenvalue weighted by molar-refractivity contribution is 5.93. The van der Waals surface area contributed by atoms with Gasteiger partial charge in [-0.25, -0.2) is 4.98 Å². The number of carbonyl (C=O) groups excluding carboxylic acids is 1. The minimum Gasteiger partial charge on any atom is -0.474 e. The van der Waals surface area contributed by atoms with E-state index < -0.39 is 0 Å². The molecule has 4 rings (SSSR count). The zero-order valence-electron chi connectivity index (χ0n) is 16.0. The molecule has 148 valence electrons. The van der Waals surface area contributed by atoms with Gasteiger partial charge >= 0.3 is 0 Å². The number of pyridine rings is 2. The summed E-state index contributed by atoms with van der Waals surface area (Å²) in [5.74, 6) is 0.441. The van der Waals surface area contributed by atoms with Crippen LogP contribution in [0.15, 0.2) is 36.7 Å². The number of hydrogen-bond acceptors (Lipinski definition) is 6. The van der Waals surface area contributed by atoms with E-state index in [1.165, 1.54) is 12.8 Å². The number of nitrogens with one attached hydrogen (secondary N) is 1. The highest BCUT2D eigenvalue weighted by Crippen LogP contribution is 2.23. The first-order chi connectivity index (χ1) is 13.8. The van der Waals surface area contributed by atoms with Crippen LogP contribution in [0.25, 0.3) is 0 Å². The predicted octanol–water partition coefficient (Wildman–Crippen LogP) is 2.56. The second kappa shape index (κ2) is 9.01. The molecule has 1 saturated carbocycles. The van der Waals surface area contributed by atoms with Crippen molar-refractivity contribution < 1.29 is 14.3 Å². The Labute approximate surface area is 165 Å². The molecule has 0 spiro atoms. The Hall–Kier alpha value is -2.67. The zero-order chi connectivity index (χ0) is 19.2. The lowest BCUT2D eigenvalue weighted by Gasteiger charge is -2.28. The number of amides is 1. The number of anilines is 1. The summed E-state index contributed by atoms with van der Waals surface area (Å²) in [4.78, 5) is 23.3. The van der Waals surface area contributed by atoms with E-state index in [0.29, 0.717) is 31.3 Å². The van der Waals surface area contributed by atoms with Crippen LogP contribution in [0.4, 0.5) is 5.69 Å². The van der Waals surface area contributed by atoms with Gasteiger partial charge < -0.3 is 19.7 Å². The second-order valence-corrected chi connectivity index (χ2v) is 7.21. The maximum absolute atomic E-state index is 12.6. The van der Waals surface area contributed by atoms with Gasteiger partial charge in [0, 0.05) is 43.8 Å².